The molecule has 1 aromatic rings. The van der Waals surface area contributed by atoms with Crippen LogP contribution in [0.4, 0.5) is 0 Å². The van der Waals surface area contributed by atoms with Crippen LogP contribution >= 0.6 is 11.8 Å². The average molecular weight is 242 g/mol. The van der Waals surface area contributed by atoms with Crippen molar-refractivity contribution in [3.05, 3.63) is 5.56 Å². The van der Waals surface area contributed by atoms with Crippen LogP contribution in [-0.2, 0) is 6.42 Å². The third kappa shape index (κ3) is 3.01. The monoisotopic (exact) mass is 242 g/mol. The summed E-state index contributed by atoms with van der Waals surface area (Å²) in [4.78, 5) is 8.56. The Kier molecular flexibility index (Phi) is 5.38. The van der Waals surface area contributed by atoms with Crippen LogP contribution in [0, 0.1) is 0 Å². The summed E-state index contributed by atoms with van der Waals surface area (Å²) in [6.45, 7) is 4.23. The van der Waals surface area contributed by atoms with Crippen LogP contribution in [0.25, 0.3) is 0 Å². The summed E-state index contributed by atoms with van der Waals surface area (Å²) in [5.41, 5.74) is 1.08. The molecular weight excluding hydrogens is 224 g/mol. The van der Waals surface area contributed by atoms with E-state index in [-0.39, 0.29) is 0 Å². The fourth-order valence-electron chi connectivity index (χ4n) is 1.41. The smallest absolute Gasteiger partial charge is 0.320 e. The Bertz CT molecular complexity index is 345. The molecule has 4 nitrogen and oxygen atoms in total. The van der Waals surface area contributed by atoms with Crippen LogP contribution < -0.4 is 9.47 Å². The van der Waals surface area contributed by atoms with Gasteiger partial charge in [-0.2, -0.15) is 9.97 Å². The molecule has 0 spiro atoms. The van der Waals surface area contributed by atoms with Crippen molar-refractivity contribution in [2.24, 2.45) is 0 Å². The molecule has 1 heterocycles. The molecule has 0 aliphatic carbocycles. The van der Waals surface area contributed by atoms with E-state index in [9.17, 15) is 0 Å². The first-order valence-corrected chi connectivity index (χ1v) is 6.37. The molecule has 0 unspecified atom stereocenters. The minimum absolute atomic E-state index is 0.368. The lowest BCUT2D eigenvalue weighted by atomic mass is 10.2. The second-order valence-corrected chi connectivity index (χ2v) is 4.44. The van der Waals surface area contributed by atoms with Crippen LogP contribution in [-0.4, -0.2) is 29.9 Å². The first-order valence-electron chi connectivity index (χ1n) is 5.38. The van der Waals surface area contributed by atoms with Crippen molar-refractivity contribution in [2.45, 2.75) is 31.7 Å². The first kappa shape index (κ1) is 13.1. The van der Waals surface area contributed by atoms with E-state index in [0.29, 0.717) is 11.9 Å². The average Bonchev–Trinajstić information content (AvgIpc) is 2.31. The van der Waals surface area contributed by atoms with E-state index in [0.717, 1.165) is 29.2 Å². The van der Waals surface area contributed by atoms with Gasteiger partial charge in [0.15, 0.2) is 0 Å². The quantitative estimate of drug-likeness (QED) is 0.566. The maximum absolute atomic E-state index is 5.28. The summed E-state index contributed by atoms with van der Waals surface area (Å²) in [5, 5.41) is 0.966. The Morgan fingerprint density at radius 3 is 2.38 bits per heavy atom. The summed E-state index contributed by atoms with van der Waals surface area (Å²) < 4.78 is 10.3. The van der Waals surface area contributed by atoms with E-state index in [1.54, 1.807) is 26.0 Å². The van der Waals surface area contributed by atoms with Crippen LogP contribution in [0.2, 0.25) is 0 Å². The number of aromatic nitrogens is 2. The summed E-state index contributed by atoms with van der Waals surface area (Å²) in [7, 11) is 3.19. The van der Waals surface area contributed by atoms with Crippen molar-refractivity contribution in [2.75, 3.05) is 20.0 Å². The number of rotatable bonds is 6. The van der Waals surface area contributed by atoms with Gasteiger partial charge < -0.3 is 9.47 Å². The Morgan fingerprint density at radius 2 is 1.88 bits per heavy atom. The highest BCUT2D eigenvalue weighted by Crippen LogP contribution is 2.30. The zero-order valence-electron chi connectivity index (χ0n) is 10.2. The predicted octanol–water partition coefficient (Wildman–Crippen LogP) is 2.56. The summed E-state index contributed by atoms with van der Waals surface area (Å²) in [6, 6.07) is 0.368. The molecule has 16 heavy (non-hydrogen) atoms. The Balaban J connectivity index is 3.17. The normalized spacial score (nSPS) is 10.2. The van der Waals surface area contributed by atoms with Gasteiger partial charge in [0.25, 0.3) is 0 Å². The van der Waals surface area contributed by atoms with Gasteiger partial charge in [0, 0.05) is 5.56 Å². The lowest BCUT2D eigenvalue weighted by Crippen LogP contribution is -2.03. The molecule has 0 atom stereocenters. The molecule has 1 aromatic heterocycles. The van der Waals surface area contributed by atoms with Crippen molar-refractivity contribution in [1.82, 2.24) is 9.97 Å². The van der Waals surface area contributed by atoms with Gasteiger partial charge in [0.05, 0.1) is 14.2 Å². The largest absolute Gasteiger partial charge is 0.481 e. The van der Waals surface area contributed by atoms with Gasteiger partial charge in [0.1, 0.15) is 5.03 Å². The molecule has 5 heteroatoms. The zero-order valence-corrected chi connectivity index (χ0v) is 11.1. The van der Waals surface area contributed by atoms with Crippen LogP contribution in [0.15, 0.2) is 5.03 Å². The third-order valence-electron chi connectivity index (χ3n) is 2.07. The molecule has 0 aliphatic heterocycles. The summed E-state index contributed by atoms with van der Waals surface area (Å²) in [5.74, 6) is 1.60. The van der Waals surface area contributed by atoms with Crippen molar-refractivity contribution in [3.8, 4) is 11.9 Å². The zero-order chi connectivity index (χ0) is 12.0. The minimum atomic E-state index is 0.368. The number of ether oxygens (including phenoxy) is 2. The highest BCUT2D eigenvalue weighted by Gasteiger charge is 2.14. The number of methoxy groups -OCH3 is 2. The molecule has 90 valence electrons. The summed E-state index contributed by atoms with van der Waals surface area (Å²) in [6.07, 6.45) is 1.97. The fraction of sp³-hybridized carbons (Fsp3) is 0.636. The van der Waals surface area contributed by atoms with E-state index in [1.165, 1.54) is 0 Å². The van der Waals surface area contributed by atoms with Gasteiger partial charge in [-0.3, -0.25) is 0 Å². The van der Waals surface area contributed by atoms with Gasteiger partial charge in [0.2, 0.25) is 5.88 Å². The lowest BCUT2D eigenvalue weighted by molar-refractivity contribution is 0.343. The first-order chi connectivity index (χ1) is 7.76. The van der Waals surface area contributed by atoms with Crippen molar-refractivity contribution in [3.63, 3.8) is 0 Å². The topological polar surface area (TPSA) is 44.2 Å². The van der Waals surface area contributed by atoms with Gasteiger partial charge in [-0.15, -0.1) is 11.8 Å². The molecule has 0 fully saturated rings. The molecule has 1 rings (SSSR count). The molecule has 0 radical (unpaired) electrons. The number of nitrogens with zero attached hydrogens (tertiary/aromatic N) is 2. The van der Waals surface area contributed by atoms with Crippen LogP contribution in [0.1, 0.15) is 25.8 Å². The van der Waals surface area contributed by atoms with Gasteiger partial charge >= 0.3 is 6.01 Å². The molecule has 0 N–H and O–H groups in total. The molecule has 0 saturated heterocycles. The van der Waals surface area contributed by atoms with Gasteiger partial charge in [-0.05, 0) is 12.2 Å². The molecule has 0 amide bonds. The SMILES string of the molecule is CCCc1c(OC)nc(OC)nc1SCC. The maximum atomic E-state index is 5.28. The molecule has 0 aromatic carbocycles. The van der Waals surface area contributed by atoms with E-state index in [1.807, 2.05) is 0 Å². The summed E-state index contributed by atoms with van der Waals surface area (Å²) >= 11 is 1.69. The van der Waals surface area contributed by atoms with E-state index in [2.05, 4.69) is 23.8 Å². The van der Waals surface area contributed by atoms with Crippen molar-refractivity contribution < 1.29 is 9.47 Å². The van der Waals surface area contributed by atoms with Crippen LogP contribution in [0.3, 0.4) is 0 Å². The standard InChI is InChI=1S/C11H18N2O2S/c1-5-7-8-9(14-3)12-11(15-4)13-10(8)16-6-2/h5-7H2,1-4H3. The predicted molar refractivity (Wildman–Crippen MR) is 65.5 cm³/mol. The second kappa shape index (κ2) is 6.58. The highest BCUT2D eigenvalue weighted by atomic mass is 32.2. The molecular formula is C11H18N2O2S. The Morgan fingerprint density at radius 1 is 1.12 bits per heavy atom. The minimum Gasteiger partial charge on any atom is -0.481 e. The number of hydrogen-bond acceptors (Lipinski definition) is 5. The lowest BCUT2D eigenvalue weighted by Gasteiger charge is -2.12. The molecule has 0 saturated carbocycles. The Hall–Kier alpha value is -0.970. The Labute approximate surface area is 101 Å². The molecule has 0 aliphatic rings. The fourth-order valence-corrected chi connectivity index (χ4v) is 2.18. The van der Waals surface area contributed by atoms with Crippen molar-refractivity contribution >= 4 is 11.8 Å². The molecule has 0 bridgehead atoms. The second-order valence-electron chi connectivity index (χ2n) is 3.19. The van der Waals surface area contributed by atoms with Gasteiger partial charge in [-0.25, -0.2) is 0 Å². The van der Waals surface area contributed by atoms with Crippen LogP contribution in [0.5, 0.6) is 11.9 Å². The third-order valence-corrected chi connectivity index (χ3v) is 2.97. The number of hydrogen-bond donors (Lipinski definition) is 0. The highest BCUT2D eigenvalue weighted by molar-refractivity contribution is 7.99. The maximum Gasteiger partial charge on any atom is 0.320 e. The number of thioether (sulfide) groups is 1. The van der Waals surface area contributed by atoms with E-state index < -0.39 is 0 Å². The van der Waals surface area contributed by atoms with Crippen molar-refractivity contribution in [1.29, 1.82) is 0 Å². The van der Waals surface area contributed by atoms with Gasteiger partial charge in [-0.1, -0.05) is 20.3 Å². The van der Waals surface area contributed by atoms with E-state index in [4.69, 9.17) is 9.47 Å². The van der Waals surface area contributed by atoms with E-state index >= 15 is 0 Å².